The van der Waals surface area contributed by atoms with Crippen molar-refractivity contribution in [2.75, 3.05) is 13.2 Å². The lowest BCUT2D eigenvalue weighted by molar-refractivity contribution is -0.167. The number of carbonyl (C=O) groups excluding carboxylic acids is 3. The van der Waals surface area contributed by atoms with Gasteiger partial charge < -0.3 is 14.2 Å². The van der Waals surface area contributed by atoms with Gasteiger partial charge in [0.25, 0.3) is 0 Å². The lowest BCUT2D eigenvalue weighted by atomic mass is 10.0. The van der Waals surface area contributed by atoms with Gasteiger partial charge in [0.05, 0.1) is 0 Å². The van der Waals surface area contributed by atoms with Crippen LogP contribution >= 0.6 is 0 Å². The number of unbranched alkanes of at least 4 members (excludes halogenated alkanes) is 8. The van der Waals surface area contributed by atoms with Crippen LogP contribution in [0.25, 0.3) is 0 Å². The molecule has 6 heteroatoms. The van der Waals surface area contributed by atoms with Crippen LogP contribution in [0.15, 0.2) is 0 Å². The Morgan fingerprint density at radius 1 is 0.543 bits per heavy atom. The van der Waals surface area contributed by atoms with E-state index in [0.29, 0.717) is 31.1 Å². The summed E-state index contributed by atoms with van der Waals surface area (Å²) in [6, 6.07) is 0. The Morgan fingerprint density at radius 2 is 0.943 bits per heavy atom. The number of hydrogen-bond donors (Lipinski definition) is 0. The fourth-order valence-electron chi connectivity index (χ4n) is 3.75. The molecule has 1 unspecified atom stereocenters. The van der Waals surface area contributed by atoms with Gasteiger partial charge in [0.15, 0.2) is 6.10 Å². The van der Waals surface area contributed by atoms with Crippen molar-refractivity contribution in [3.05, 3.63) is 0 Å². The van der Waals surface area contributed by atoms with Gasteiger partial charge in [0.2, 0.25) is 0 Å². The Labute approximate surface area is 215 Å². The van der Waals surface area contributed by atoms with E-state index in [4.69, 9.17) is 14.2 Å². The van der Waals surface area contributed by atoms with E-state index in [0.717, 1.165) is 77.0 Å². The van der Waals surface area contributed by atoms with E-state index < -0.39 is 6.10 Å². The molecule has 0 aliphatic carbocycles. The molecule has 0 saturated heterocycles. The monoisotopic (exact) mass is 498 g/mol. The molecule has 0 spiro atoms. The van der Waals surface area contributed by atoms with E-state index in [-0.39, 0.29) is 31.1 Å². The quantitative estimate of drug-likeness (QED) is 0.0821. The molecule has 0 aliphatic heterocycles. The molecule has 0 aliphatic rings. The molecule has 35 heavy (non-hydrogen) atoms. The van der Waals surface area contributed by atoms with Crippen LogP contribution < -0.4 is 0 Å². The summed E-state index contributed by atoms with van der Waals surface area (Å²) in [4.78, 5) is 36.5. The summed E-state index contributed by atoms with van der Waals surface area (Å²) in [6.07, 6.45) is 13.6. The highest BCUT2D eigenvalue weighted by atomic mass is 16.6. The SMILES string of the molecule is CCCCCCCC(=O)OCC(COC(=O)CCCCCC(C)C)OC(=O)CCCCCC(C)C. The van der Waals surface area contributed by atoms with E-state index in [2.05, 4.69) is 34.6 Å². The summed E-state index contributed by atoms with van der Waals surface area (Å²) in [5.74, 6) is 0.406. The van der Waals surface area contributed by atoms with Crippen LogP contribution in [-0.4, -0.2) is 37.2 Å². The Hall–Kier alpha value is -1.59. The first kappa shape index (κ1) is 33.4. The number of carbonyl (C=O) groups is 3. The van der Waals surface area contributed by atoms with Gasteiger partial charge in [-0.05, 0) is 31.1 Å². The molecule has 0 fully saturated rings. The molecule has 0 bridgehead atoms. The second-order valence-electron chi connectivity index (χ2n) is 10.6. The van der Waals surface area contributed by atoms with Gasteiger partial charge in [-0.2, -0.15) is 0 Å². The topological polar surface area (TPSA) is 78.9 Å². The minimum absolute atomic E-state index is 0.0749. The van der Waals surface area contributed by atoms with Gasteiger partial charge >= 0.3 is 17.9 Å². The Kier molecular flexibility index (Phi) is 21.8. The first-order valence-electron chi connectivity index (χ1n) is 14.2. The predicted molar refractivity (Wildman–Crippen MR) is 141 cm³/mol. The normalized spacial score (nSPS) is 12.1. The third kappa shape index (κ3) is 23.9. The maximum Gasteiger partial charge on any atom is 0.306 e. The smallest absolute Gasteiger partial charge is 0.306 e. The maximum absolute atomic E-state index is 12.3. The molecule has 6 nitrogen and oxygen atoms in total. The summed E-state index contributed by atoms with van der Waals surface area (Å²) >= 11 is 0. The molecular formula is C29H54O6. The highest BCUT2D eigenvalue weighted by Gasteiger charge is 2.19. The van der Waals surface area contributed by atoms with E-state index in [1.165, 1.54) is 6.42 Å². The molecule has 0 heterocycles. The van der Waals surface area contributed by atoms with Crippen molar-refractivity contribution in [3.63, 3.8) is 0 Å². The molecule has 0 aromatic heterocycles. The summed E-state index contributed by atoms with van der Waals surface area (Å²) in [7, 11) is 0. The predicted octanol–water partition coefficient (Wildman–Crippen LogP) is 7.56. The van der Waals surface area contributed by atoms with Gasteiger partial charge in [0, 0.05) is 19.3 Å². The Morgan fingerprint density at radius 3 is 1.37 bits per heavy atom. The third-order valence-corrected chi connectivity index (χ3v) is 5.97. The van der Waals surface area contributed by atoms with E-state index in [9.17, 15) is 14.4 Å². The number of hydrogen-bond acceptors (Lipinski definition) is 6. The van der Waals surface area contributed by atoms with E-state index in [1.54, 1.807) is 0 Å². The van der Waals surface area contributed by atoms with Gasteiger partial charge in [-0.15, -0.1) is 0 Å². The van der Waals surface area contributed by atoms with Crippen molar-refractivity contribution in [3.8, 4) is 0 Å². The molecule has 0 rings (SSSR count). The van der Waals surface area contributed by atoms with E-state index in [1.807, 2.05) is 0 Å². The van der Waals surface area contributed by atoms with Gasteiger partial charge in [-0.25, -0.2) is 0 Å². The van der Waals surface area contributed by atoms with Crippen LogP contribution in [0, 0.1) is 11.8 Å². The summed E-state index contributed by atoms with van der Waals surface area (Å²) in [5, 5.41) is 0. The van der Waals surface area contributed by atoms with Gasteiger partial charge in [-0.1, -0.05) is 98.8 Å². The molecule has 0 radical (unpaired) electrons. The van der Waals surface area contributed by atoms with Crippen molar-refractivity contribution in [2.45, 2.75) is 143 Å². The van der Waals surface area contributed by atoms with Crippen LogP contribution in [0.2, 0.25) is 0 Å². The first-order chi connectivity index (χ1) is 16.7. The molecule has 0 saturated carbocycles. The summed E-state index contributed by atoms with van der Waals surface area (Å²) in [5.41, 5.74) is 0. The minimum atomic E-state index is -0.757. The highest BCUT2D eigenvalue weighted by Crippen LogP contribution is 2.12. The zero-order chi connectivity index (χ0) is 26.3. The van der Waals surface area contributed by atoms with Crippen molar-refractivity contribution < 1.29 is 28.6 Å². The molecular weight excluding hydrogens is 444 g/mol. The average Bonchev–Trinajstić information content (AvgIpc) is 2.79. The van der Waals surface area contributed by atoms with Crippen molar-refractivity contribution >= 4 is 17.9 Å². The standard InChI is InChI=1S/C29H54O6/c1-6-7-8-9-14-19-27(30)33-22-26(35-29(32)21-16-11-13-18-25(4)5)23-34-28(31)20-15-10-12-17-24(2)3/h24-26H,6-23H2,1-5H3. The highest BCUT2D eigenvalue weighted by molar-refractivity contribution is 5.71. The molecule has 0 aromatic rings. The fourth-order valence-corrected chi connectivity index (χ4v) is 3.75. The number of rotatable bonds is 23. The average molecular weight is 499 g/mol. The fraction of sp³-hybridized carbons (Fsp3) is 0.897. The molecule has 206 valence electrons. The molecule has 1 atom stereocenters. The Balaban J connectivity index is 4.41. The second kappa shape index (κ2) is 22.8. The van der Waals surface area contributed by atoms with Crippen molar-refractivity contribution in [1.29, 1.82) is 0 Å². The zero-order valence-electron chi connectivity index (χ0n) is 23.4. The first-order valence-corrected chi connectivity index (χ1v) is 14.2. The van der Waals surface area contributed by atoms with Crippen molar-refractivity contribution in [1.82, 2.24) is 0 Å². The van der Waals surface area contributed by atoms with Crippen LogP contribution in [0.5, 0.6) is 0 Å². The van der Waals surface area contributed by atoms with Crippen LogP contribution in [0.3, 0.4) is 0 Å². The van der Waals surface area contributed by atoms with Gasteiger partial charge in [-0.3, -0.25) is 14.4 Å². The van der Waals surface area contributed by atoms with Crippen LogP contribution in [-0.2, 0) is 28.6 Å². The van der Waals surface area contributed by atoms with Gasteiger partial charge in [0.1, 0.15) is 13.2 Å². The molecule has 0 aromatic carbocycles. The van der Waals surface area contributed by atoms with Crippen LogP contribution in [0.1, 0.15) is 137 Å². The zero-order valence-corrected chi connectivity index (χ0v) is 23.4. The molecule has 0 N–H and O–H groups in total. The summed E-state index contributed by atoms with van der Waals surface area (Å²) < 4.78 is 16.2. The lowest BCUT2D eigenvalue weighted by Gasteiger charge is -2.18. The lowest BCUT2D eigenvalue weighted by Crippen LogP contribution is -2.30. The summed E-state index contributed by atoms with van der Waals surface area (Å²) in [6.45, 7) is 10.8. The number of ether oxygens (including phenoxy) is 3. The Bertz CT molecular complexity index is 543. The largest absolute Gasteiger partial charge is 0.462 e. The van der Waals surface area contributed by atoms with Crippen LogP contribution in [0.4, 0.5) is 0 Å². The maximum atomic E-state index is 12.3. The third-order valence-electron chi connectivity index (χ3n) is 5.97. The van der Waals surface area contributed by atoms with E-state index >= 15 is 0 Å². The van der Waals surface area contributed by atoms with Crippen molar-refractivity contribution in [2.24, 2.45) is 11.8 Å². The molecule has 0 amide bonds. The second-order valence-corrected chi connectivity index (χ2v) is 10.6. The number of esters is 3. The minimum Gasteiger partial charge on any atom is -0.462 e.